The van der Waals surface area contributed by atoms with Crippen molar-refractivity contribution in [2.75, 3.05) is 18.0 Å². The summed E-state index contributed by atoms with van der Waals surface area (Å²) in [5.74, 6) is 0. The lowest BCUT2D eigenvalue weighted by atomic mass is 10.0. The Morgan fingerprint density at radius 3 is 2.94 bits per heavy atom. The smallest absolute Gasteiger partial charge is 0.292 e. The van der Waals surface area contributed by atoms with Crippen LogP contribution >= 0.6 is 0 Å². The Hall–Kier alpha value is -2.13. The summed E-state index contributed by atoms with van der Waals surface area (Å²) in [4.78, 5) is 12.5. The summed E-state index contributed by atoms with van der Waals surface area (Å²) in [5.41, 5.74) is 6.83. The number of nitrogens with zero attached hydrogens (tertiary/aromatic N) is 3. The van der Waals surface area contributed by atoms with Crippen molar-refractivity contribution < 1.29 is 4.92 Å². The van der Waals surface area contributed by atoms with Gasteiger partial charge in [-0.1, -0.05) is 0 Å². The van der Waals surface area contributed by atoms with Crippen molar-refractivity contribution in [2.45, 2.75) is 18.9 Å². The molecule has 2 rings (SSSR count). The highest BCUT2D eigenvalue weighted by Gasteiger charge is 2.24. The van der Waals surface area contributed by atoms with E-state index in [4.69, 9.17) is 11.0 Å². The molecule has 1 aliphatic heterocycles. The zero-order valence-electron chi connectivity index (χ0n) is 9.87. The van der Waals surface area contributed by atoms with Gasteiger partial charge in [-0.3, -0.25) is 10.1 Å². The van der Waals surface area contributed by atoms with E-state index in [1.54, 1.807) is 6.07 Å². The first-order chi connectivity index (χ1) is 8.61. The van der Waals surface area contributed by atoms with Crippen LogP contribution in [0.1, 0.15) is 18.4 Å². The molecule has 1 fully saturated rings. The molecule has 0 radical (unpaired) electrons. The Labute approximate surface area is 105 Å². The van der Waals surface area contributed by atoms with Gasteiger partial charge < -0.3 is 10.6 Å². The van der Waals surface area contributed by atoms with E-state index in [9.17, 15) is 10.1 Å². The molecule has 0 bridgehead atoms. The number of hydrogen-bond acceptors (Lipinski definition) is 5. The first kappa shape index (κ1) is 12.3. The standard InChI is InChI=1S/C12H14N4O2/c13-7-9-3-4-11(16(17)18)12(6-9)15-5-1-2-10(14)8-15/h3-4,6,10H,1-2,5,8,14H2/t10-/m1/s1. The lowest BCUT2D eigenvalue weighted by Crippen LogP contribution is -2.43. The molecule has 1 heterocycles. The number of rotatable bonds is 2. The molecule has 6 nitrogen and oxygen atoms in total. The second kappa shape index (κ2) is 5.02. The highest BCUT2D eigenvalue weighted by Crippen LogP contribution is 2.30. The number of anilines is 1. The molecular weight excluding hydrogens is 232 g/mol. The van der Waals surface area contributed by atoms with Gasteiger partial charge in [0.25, 0.3) is 5.69 Å². The number of nitro groups is 1. The van der Waals surface area contributed by atoms with Crippen molar-refractivity contribution in [3.8, 4) is 6.07 Å². The van der Waals surface area contributed by atoms with Gasteiger partial charge in [0, 0.05) is 25.2 Å². The lowest BCUT2D eigenvalue weighted by molar-refractivity contribution is -0.384. The molecule has 6 heteroatoms. The van der Waals surface area contributed by atoms with Crippen molar-refractivity contribution in [3.63, 3.8) is 0 Å². The van der Waals surface area contributed by atoms with Gasteiger partial charge in [-0.05, 0) is 25.0 Å². The first-order valence-corrected chi connectivity index (χ1v) is 5.81. The maximum Gasteiger partial charge on any atom is 0.292 e. The van der Waals surface area contributed by atoms with Gasteiger partial charge in [0.2, 0.25) is 0 Å². The predicted octanol–water partition coefficient (Wildman–Crippen LogP) is 1.39. The molecule has 1 aromatic carbocycles. The van der Waals surface area contributed by atoms with Gasteiger partial charge in [-0.25, -0.2) is 0 Å². The van der Waals surface area contributed by atoms with E-state index < -0.39 is 4.92 Å². The van der Waals surface area contributed by atoms with E-state index in [2.05, 4.69) is 0 Å². The molecule has 1 atom stereocenters. The Morgan fingerprint density at radius 2 is 2.33 bits per heavy atom. The van der Waals surface area contributed by atoms with Crippen LogP contribution in [0.3, 0.4) is 0 Å². The molecule has 0 unspecified atom stereocenters. The van der Waals surface area contributed by atoms with E-state index >= 15 is 0 Å². The molecule has 18 heavy (non-hydrogen) atoms. The number of hydrogen-bond donors (Lipinski definition) is 1. The average Bonchev–Trinajstić information content (AvgIpc) is 2.38. The second-order valence-corrected chi connectivity index (χ2v) is 4.42. The zero-order chi connectivity index (χ0) is 13.1. The summed E-state index contributed by atoms with van der Waals surface area (Å²) >= 11 is 0. The highest BCUT2D eigenvalue weighted by atomic mass is 16.6. The molecule has 0 amide bonds. The van der Waals surface area contributed by atoms with E-state index in [1.807, 2.05) is 11.0 Å². The van der Waals surface area contributed by atoms with Gasteiger partial charge in [-0.2, -0.15) is 5.26 Å². The molecular formula is C12H14N4O2. The molecule has 0 spiro atoms. The van der Waals surface area contributed by atoms with Crippen molar-refractivity contribution in [1.82, 2.24) is 0 Å². The first-order valence-electron chi connectivity index (χ1n) is 5.81. The van der Waals surface area contributed by atoms with Gasteiger partial charge in [0.05, 0.1) is 16.6 Å². The largest absolute Gasteiger partial charge is 0.364 e. The molecule has 0 saturated carbocycles. The summed E-state index contributed by atoms with van der Waals surface area (Å²) in [6.45, 7) is 1.33. The SMILES string of the molecule is N#Cc1ccc([N+](=O)[O-])c(N2CCC[C@@H](N)C2)c1. The van der Waals surface area contributed by atoms with E-state index in [-0.39, 0.29) is 11.7 Å². The van der Waals surface area contributed by atoms with E-state index in [0.29, 0.717) is 17.8 Å². The molecule has 1 saturated heterocycles. The average molecular weight is 246 g/mol. The number of nitriles is 1. The maximum atomic E-state index is 11.0. The second-order valence-electron chi connectivity index (χ2n) is 4.42. The Bertz CT molecular complexity index is 509. The van der Waals surface area contributed by atoms with E-state index in [1.165, 1.54) is 12.1 Å². The molecule has 0 aromatic heterocycles. The fraction of sp³-hybridized carbons (Fsp3) is 0.417. The van der Waals surface area contributed by atoms with Crippen molar-refractivity contribution in [3.05, 3.63) is 33.9 Å². The van der Waals surface area contributed by atoms with Crippen LogP contribution in [0.25, 0.3) is 0 Å². The zero-order valence-corrected chi connectivity index (χ0v) is 9.87. The molecule has 94 valence electrons. The Morgan fingerprint density at radius 1 is 1.56 bits per heavy atom. The lowest BCUT2D eigenvalue weighted by Gasteiger charge is -2.32. The Balaban J connectivity index is 2.40. The normalized spacial score (nSPS) is 19.3. The molecule has 0 aliphatic carbocycles. The van der Waals surface area contributed by atoms with Gasteiger partial charge >= 0.3 is 0 Å². The van der Waals surface area contributed by atoms with Crippen LogP contribution in [0.4, 0.5) is 11.4 Å². The van der Waals surface area contributed by atoms with Crippen LogP contribution < -0.4 is 10.6 Å². The van der Waals surface area contributed by atoms with Crippen molar-refractivity contribution in [2.24, 2.45) is 5.73 Å². The minimum Gasteiger partial charge on any atom is -0.364 e. The van der Waals surface area contributed by atoms with Crippen LogP contribution in [0.15, 0.2) is 18.2 Å². The molecule has 2 N–H and O–H groups in total. The topological polar surface area (TPSA) is 96.2 Å². The van der Waals surface area contributed by atoms with Crippen molar-refractivity contribution in [1.29, 1.82) is 5.26 Å². The molecule has 1 aliphatic rings. The third kappa shape index (κ3) is 2.41. The molecule has 1 aromatic rings. The van der Waals surface area contributed by atoms with Gasteiger partial charge in [0.1, 0.15) is 5.69 Å². The summed E-state index contributed by atoms with van der Waals surface area (Å²) in [6, 6.07) is 6.45. The fourth-order valence-corrected chi connectivity index (χ4v) is 2.23. The summed E-state index contributed by atoms with van der Waals surface area (Å²) in [7, 11) is 0. The Kier molecular flexibility index (Phi) is 3.44. The maximum absolute atomic E-state index is 11.0. The van der Waals surface area contributed by atoms with Crippen LogP contribution in [0.5, 0.6) is 0 Å². The summed E-state index contributed by atoms with van der Waals surface area (Å²) in [6.07, 6.45) is 1.84. The highest BCUT2D eigenvalue weighted by molar-refractivity contribution is 5.66. The summed E-state index contributed by atoms with van der Waals surface area (Å²) < 4.78 is 0. The summed E-state index contributed by atoms with van der Waals surface area (Å²) in [5, 5.41) is 19.9. The van der Waals surface area contributed by atoms with Crippen LogP contribution in [0.2, 0.25) is 0 Å². The predicted molar refractivity (Wildman–Crippen MR) is 67.2 cm³/mol. The van der Waals surface area contributed by atoms with Crippen LogP contribution in [-0.2, 0) is 0 Å². The monoisotopic (exact) mass is 246 g/mol. The number of benzene rings is 1. The third-order valence-corrected chi connectivity index (χ3v) is 3.10. The van der Waals surface area contributed by atoms with E-state index in [0.717, 1.165) is 19.4 Å². The number of nitro benzene ring substituents is 1. The van der Waals surface area contributed by atoms with Gasteiger partial charge in [0.15, 0.2) is 0 Å². The number of nitrogens with two attached hydrogens (primary N) is 1. The minimum atomic E-state index is -0.420. The minimum absolute atomic E-state index is 0.0306. The quantitative estimate of drug-likeness (QED) is 0.628. The third-order valence-electron chi connectivity index (χ3n) is 3.10. The fourth-order valence-electron chi connectivity index (χ4n) is 2.23. The number of piperidine rings is 1. The van der Waals surface area contributed by atoms with Crippen molar-refractivity contribution >= 4 is 11.4 Å². The van der Waals surface area contributed by atoms with Crippen LogP contribution in [-0.4, -0.2) is 24.1 Å². The van der Waals surface area contributed by atoms with Crippen LogP contribution in [0, 0.1) is 21.4 Å². The van der Waals surface area contributed by atoms with Gasteiger partial charge in [-0.15, -0.1) is 0 Å².